The molecule has 0 aliphatic carbocycles. The van der Waals surface area contributed by atoms with Crippen molar-refractivity contribution in [1.82, 2.24) is 19.9 Å². The summed E-state index contributed by atoms with van der Waals surface area (Å²) in [4.78, 5) is 14.1. The van der Waals surface area contributed by atoms with Gasteiger partial charge >= 0.3 is 6.09 Å². The molecule has 23 heavy (non-hydrogen) atoms. The van der Waals surface area contributed by atoms with E-state index in [1.807, 2.05) is 37.6 Å². The Kier molecular flexibility index (Phi) is 4.48. The molecule has 0 spiro atoms. The Labute approximate surface area is 149 Å². The minimum atomic E-state index is -0.472. The van der Waals surface area contributed by atoms with Gasteiger partial charge in [0.2, 0.25) is 0 Å². The summed E-state index contributed by atoms with van der Waals surface area (Å²) in [7, 11) is 0. The van der Waals surface area contributed by atoms with E-state index in [-0.39, 0.29) is 12.1 Å². The zero-order valence-electron chi connectivity index (χ0n) is 13.6. The number of aromatic nitrogens is 3. The summed E-state index contributed by atoms with van der Waals surface area (Å²) in [5.41, 5.74) is 1.44. The highest BCUT2D eigenvalue weighted by molar-refractivity contribution is 14.1. The Morgan fingerprint density at radius 2 is 2.17 bits per heavy atom. The molecule has 0 radical (unpaired) electrons. The van der Waals surface area contributed by atoms with Crippen molar-refractivity contribution in [3.05, 3.63) is 21.8 Å². The average Bonchev–Trinajstić information content (AvgIpc) is 2.88. The van der Waals surface area contributed by atoms with Gasteiger partial charge in [-0.25, -0.2) is 9.48 Å². The summed E-state index contributed by atoms with van der Waals surface area (Å²) >= 11 is 2.27. The second kappa shape index (κ2) is 6.26. The summed E-state index contributed by atoms with van der Waals surface area (Å²) in [6.07, 6.45) is 1.68. The first-order chi connectivity index (χ1) is 10.8. The molecule has 1 atom stereocenters. The normalized spacial score (nSPS) is 19.1. The highest BCUT2D eigenvalue weighted by Gasteiger charge is 2.29. The van der Waals surface area contributed by atoms with Crippen LogP contribution < -0.4 is 0 Å². The van der Waals surface area contributed by atoms with Crippen molar-refractivity contribution >= 4 is 39.7 Å². The molecule has 1 aliphatic rings. The van der Waals surface area contributed by atoms with Crippen molar-refractivity contribution in [2.45, 2.75) is 45.3 Å². The van der Waals surface area contributed by atoms with Crippen molar-refractivity contribution in [1.29, 1.82) is 0 Å². The van der Waals surface area contributed by atoms with Crippen LogP contribution in [0.2, 0.25) is 0 Å². The number of hydrogen-bond donors (Lipinski definition) is 0. The van der Waals surface area contributed by atoms with Crippen LogP contribution in [0.25, 0.3) is 11.0 Å². The number of amides is 1. The minimum Gasteiger partial charge on any atom is -0.444 e. The van der Waals surface area contributed by atoms with Gasteiger partial charge in [-0.1, -0.05) is 5.21 Å². The summed E-state index contributed by atoms with van der Waals surface area (Å²) in [6.45, 7) is 7.01. The van der Waals surface area contributed by atoms with Gasteiger partial charge in [-0.2, -0.15) is 0 Å². The average molecular weight is 428 g/mol. The SMILES string of the molecule is CC(C)(C)OC(=O)N1CCCC(n2nnc3cc(I)ccc32)C1. The molecular formula is C16H21IN4O2. The first kappa shape index (κ1) is 16.5. The molecule has 124 valence electrons. The lowest BCUT2D eigenvalue weighted by Gasteiger charge is -2.34. The maximum atomic E-state index is 12.3. The zero-order valence-corrected chi connectivity index (χ0v) is 15.8. The molecule has 1 amide bonds. The number of halogens is 1. The topological polar surface area (TPSA) is 60.2 Å². The molecule has 1 fully saturated rings. The maximum absolute atomic E-state index is 12.3. The lowest BCUT2D eigenvalue weighted by molar-refractivity contribution is 0.0168. The first-order valence-electron chi connectivity index (χ1n) is 7.82. The van der Waals surface area contributed by atoms with E-state index in [9.17, 15) is 4.79 Å². The van der Waals surface area contributed by atoms with Crippen LogP contribution in [0.5, 0.6) is 0 Å². The molecule has 0 saturated carbocycles. The number of nitrogens with zero attached hydrogens (tertiary/aromatic N) is 4. The number of fused-ring (bicyclic) bond motifs is 1. The second-order valence-electron chi connectivity index (χ2n) is 6.89. The van der Waals surface area contributed by atoms with Crippen LogP contribution in [0.1, 0.15) is 39.7 Å². The molecule has 1 aliphatic heterocycles. The van der Waals surface area contributed by atoms with E-state index >= 15 is 0 Å². The summed E-state index contributed by atoms with van der Waals surface area (Å²) in [5, 5.41) is 8.57. The van der Waals surface area contributed by atoms with Gasteiger partial charge in [0.05, 0.1) is 11.6 Å². The Bertz CT molecular complexity index is 722. The second-order valence-corrected chi connectivity index (χ2v) is 8.14. The third-order valence-corrected chi connectivity index (χ3v) is 4.50. The van der Waals surface area contributed by atoms with Gasteiger partial charge < -0.3 is 9.64 Å². The van der Waals surface area contributed by atoms with E-state index in [2.05, 4.69) is 39.0 Å². The van der Waals surface area contributed by atoms with E-state index in [4.69, 9.17) is 4.74 Å². The van der Waals surface area contributed by atoms with Crippen molar-refractivity contribution in [3.8, 4) is 0 Å². The molecule has 3 rings (SSSR count). The van der Waals surface area contributed by atoms with Gasteiger partial charge in [0.1, 0.15) is 11.1 Å². The van der Waals surface area contributed by atoms with Crippen LogP contribution in [-0.4, -0.2) is 44.7 Å². The summed E-state index contributed by atoms with van der Waals surface area (Å²) in [5.74, 6) is 0. The molecule has 0 N–H and O–H groups in total. The summed E-state index contributed by atoms with van der Waals surface area (Å²) < 4.78 is 8.57. The molecule has 2 aromatic rings. The molecule has 2 heterocycles. The Morgan fingerprint density at radius 1 is 1.39 bits per heavy atom. The molecule has 7 heteroatoms. The lowest BCUT2D eigenvalue weighted by atomic mass is 10.1. The number of ether oxygens (including phenoxy) is 1. The largest absolute Gasteiger partial charge is 0.444 e. The van der Waals surface area contributed by atoms with Crippen molar-refractivity contribution in [2.75, 3.05) is 13.1 Å². The molecular weight excluding hydrogens is 407 g/mol. The van der Waals surface area contributed by atoms with Crippen LogP contribution in [0.4, 0.5) is 4.79 Å². The summed E-state index contributed by atoms with van der Waals surface area (Å²) in [6, 6.07) is 6.26. The quantitative estimate of drug-likeness (QED) is 0.652. The Hall–Kier alpha value is -1.38. The van der Waals surface area contributed by atoms with Crippen LogP contribution in [0.15, 0.2) is 18.2 Å². The monoisotopic (exact) mass is 428 g/mol. The van der Waals surface area contributed by atoms with Gasteiger partial charge in [-0.3, -0.25) is 0 Å². The number of benzene rings is 1. The van der Waals surface area contributed by atoms with Gasteiger partial charge in [-0.05, 0) is 74.4 Å². The minimum absolute atomic E-state index is 0.140. The third kappa shape index (κ3) is 3.76. The molecule has 1 aromatic heterocycles. The molecule has 0 bridgehead atoms. The molecule has 6 nitrogen and oxygen atoms in total. The van der Waals surface area contributed by atoms with E-state index in [0.29, 0.717) is 6.54 Å². The highest BCUT2D eigenvalue weighted by Crippen LogP contribution is 2.26. The fraction of sp³-hybridized carbons (Fsp3) is 0.562. The standard InChI is InChI=1S/C16H21IN4O2/c1-16(2,3)23-15(22)20-8-4-5-12(10-20)21-14-7-6-11(17)9-13(14)18-19-21/h6-7,9,12H,4-5,8,10H2,1-3H3. The van der Waals surface area contributed by atoms with Crippen LogP contribution in [0, 0.1) is 3.57 Å². The predicted molar refractivity (Wildman–Crippen MR) is 96.3 cm³/mol. The van der Waals surface area contributed by atoms with Crippen molar-refractivity contribution in [2.24, 2.45) is 0 Å². The number of hydrogen-bond acceptors (Lipinski definition) is 4. The predicted octanol–water partition coefficient (Wildman–Crippen LogP) is 3.61. The van der Waals surface area contributed by atoms with Gasteiger partial charge in [0, 0.05) is 16.7 Å². The van der Waals surface area contributed by atoms with Gasteiger partial charge in [0.25, 0.3) is 0 Å². The number of piperidine rings is 1. The van der Waals surface area contributed by atoms with Crippen molar-refractivity contribution < 1.29 is 9.53 Å². The number of rotatable bonds is 1. The molecule has 1 unspecified atom stereocenters. The van der Waals surface area contributed by atoms with Crippen molar-refractivity contribution in [3.63, 3.8) is 0 Å². The zero-order chi connectivity index (χ0) is 16.6. The fourth-order valence-corrected chi connectivity index (χ4v) is 3.31. The Morgan fingerprint density at radius 3 is 2.91 bits per heavy atom. The molecule has 1 saturated heterocycles. The van der Waals surface area contributed by atoms with Crippen LogP contribution in [0.3, 0.4) is 0 Å². The van der Waals surface area contributed by atoms with E-state index < -0.39 is 5.60 Å². The van der Waals surface area contributed by atoms with Crippen LogP contribution >= 0.6 is 22.6 Å². The number of carbonyl (C=O) groups excluding carboxylic acids is 1. The van der Waals surface area contributed by atoms with E-state index in [0.717, 1.165) is 34.0 Å². The van der Waals surface area contributed by atoms with E-state index in [1.165, 1.54) is 0 Å². The Balaban J connectivity index is 1.79. The number of likely N-dealkylation sites (tertiary alicyclic amines) is 1. The van der Waals surface area contributed by atoms with Crippen LogP contribution in [-0.2, 0) is 4.74 Å². The number of carbonyl (C=O) groups is 1. The first-order valence-corrected chi connectivity index (χ1v) is 8.90. The third-order valence-electron chi connectivity index (χ3n) is 3.83. The van der Waals surface area contributed by atoms with E-state index in [1.54, 1.807) is 4.90 Å². The lowest BCUT2D eigenvalue weighted by Crippen LogP contribution is -2.43. The highest BCUT2D eigenvalue weighted by atomic mass is 127. The molecule has 1 aromatic carbocycles. The fourth-order valence-electron chi connectivity index (χ4n) is 2.83. The van der Waals surface area contributed by atoms with Gasteiger partial charge in [-0.15, -0.1) is 5.10 Å². The maximum Gasteiger partial charge on any atom is 0.410 e. The van der Waals surface area contributed by atoms with Gasteiger partial charge in [0.15, 0.2) is 0 Å². The smallest absolute Gasteiger partial charge is 0.410 e.